The van der Waals surface area contributed by atoms with Crippen LogP contribution in [0.5, 0.6) is 0 Å². The third kappa shape index (κ3) is 4.40. The highest BCUT2D eigenvalue weighted by atomic mass is 32.1. The molecular weight excluding hydrogens is 298 g/mol. The largest absolute Gasteiger partial charge is 0.477 e. The second-order valence-corrected chi connectivity index (χ2v) is 6.61. The number of hydrogen-bond acceptors (Lipinski definition) is 4. The molecule has 2 aromatic rings. The summed E-state index contributed by atoms with van der Waals surface area (Å²) in [6.45, 7) is 4.33. The monoisotopic (exact) mass is 319 g/mol. The molecule has 4 nitrogen and oxygen atoms in total. The van der Waals surface area contributed by atoms with Gasteiger partial charge in [0.1, 0.15) is 4.88 Å². The first-order chi connectivity index (χ1) is 10.5. The molecule has 0 spiro atoms. The van der Waals surface area contributed by atoms with E-state index in [-0.39, 0.29) is 6.04 Å². The summed E-state index contributed by atoms with van der Waals surface area (Å²) in [6, 6.07) is 11.6. The minimum absolute atomic E-state index is 0.165. The van der Waals surface area contributed by atoms with Crippen LogP contribution < -0.4 is 5.32 Å². The molecule has 0 radical (unpaired) electrons. The van der Waals surface area contributed by atoms with E-state index in [1.54, 1.807) is 0 Å². The molecule has 0 aliphatic rings. The number of aliphatic hydroxyl groups is 1. The zero-order valence-corrected chi connectivity index (χ0v) is 13.6. The lowest BCUT2D eigenvalue weighted by molar-refractivity contribution is 0.0701. The van der Waals surface area contributed by atoms with Crippen LogP contribution in [0, 0.1) is 6.92 Å². The van der Waals surface area contributed by atoms with Gasteiger partial charge in [0.25, 0.3) is 0 Å². The van der Waals surface area contributed by atoms with Gasteiger partial charge in [-0.15, -0.1) is 11.3 Å². The van der Waals surface area contributed by atoms with Gasteiger partial charge in [0.05, 0.1) is 6.10 Å². The van der Waals surface area contributed by atoms with Crippen molar-refractivity contribution in [2.75, 3.05) is 6.54 Å². The number of carboxylic acid groups (broad SMARTS) is 1. The molecule has 1 heterocycles. The number of thiophene rings is 1. The van der Waals surface area contributed by atoms with Crippen LogP contribution in [0.1, 0.15) is 38.7 Å². The topological polar surface area (TPSA) is 69.6 Å². The second kappa shape index (κ2) is 7.54. The van der Waals surface area contributed by atoms with Gasteiger partial charge in [-0.25, -0.2) is 4.79 Å². The number of aryl methyl sites for hydroxylation is 1. The summed E-state index contributed by atoms with van der Waals surface area (Å²) in [5, 5.41) is 22.5. The number of carboxylic acids is 1. The maximum atomic E-state index is 11.1. The summed E-state index contributed by atoms with van der Waals surface area (Å²) in [5.41, 5.74) is 1.70. The molecule has 0 saturated carbocycles. The minimum atomic E-state index is -0.867. The number of carbonyl (C=O) groups is 1. The molecule has 22 heavy (non-hydrogen) atoms. The molecule has 2 rings (SSSR count). The van der Waals surface area contributed by atoms with Gasteiger partial charge < -0.3 is 15.5 Å². The number of rotatable bonds is 7. The van der Waals surface area contributed by atoms with Crippen molar-refractivity contribution in [1.29, 1.82) is 0 Å². The van der Waals surface area contributed by atoms with Crippen molar-refractivity contribution in [3.63, 3.8) is 0 Å². The first kappa shape index (κ1) is 16.7. The van der Waals surface area contributed by atoms with Crippen LogP contribution in [0.4, 0.5) is 0 Å². The molecular formula is C17H21NO3S. The van der Waals surface area contributed by atoms with E-state index >= 15 is 0 Å². The van der Waals surface area contributed by atoms with Crippen LogP contribution >= 0.6 is 11.3 Å². The predicted molar refractivity (Wildman–Crippen MR) is 88.6 cm³/mol. The highest BCUT2D eigenvalue weighted by molar-refractivity contribution is 7.14. The van der Waals surface area contributed by atoms with Gasteiger partial charge in [-0.3, -0.25) is 0 Å². The quantitative estimate of drug-likeness (QED) is 0.734. The molecule has 1 aromatic carbocycles. The predicted octanol–water partition coefficient (Wildman–Crippen LogP) is 3.01. The van der Waals surface area contributed by atoms with E-state index in [0.29, 0.717) is 11.4 Å². The molecule has 0 aliphatic carbocycles. The first-order valence-electron chi connectivity index (χ1n) is 7.26. The third-order valence-electron chi connectivity index (χ3n) is 3.51. The summed E-state index contributed by atoms with van der Waals surface area (Å²) in [7, 11) is 0. The van der Waals surface area contributed by atoms with Crippen LogP contribution in [-0.2, 0) is 6.42 Å². The lowest BCUT2D eigenvalue weighted by atomic mass is 10.1. The Bertz CT molecular complexity index is 624. The number of aromatic carboxylic acids is 1. The summed E-state index contributed by atoms with van der Waals surface area (Å²) in [4.78, 5) is 12.5. The Balaban J connectivity index is 1.87. The van der Waals surface area contributed by atoms with Crippen molar-refractivity contribution in [3.8, 4) is 0 Å². The molecule has 0 amide bonds. The van der Waals surface area contributed by atoms with Gasteiger partial charge in [0.2, 0.25) is 0 Å². The molecule has 3 N–H and O–H groups in total. The Labute approximate surface area is 134 Å². The van der Waals surface area contributed by atoms with E-state index in [1.165, 1.54) is 11.3 Å². The fourth-order valence-electron chi connectivity index (χ4n) is 2.34. The van der Waals surface area contributed by atoms with Gasteiger partial charge in [-0.05, 0) is 37.5 Å². The van der Waals surface area contributed by atoms with Crippen molar-refractivity contribution in [3.05, 3.63) is 57.3 Å². The average molecular weight is 319 g/mol. The van der Waals surface area contributed by atoms with E-state index in [9.17, 15) is 9.90 Å². The van der Waals surface area contributed by atoms with Gasteiger partial charge >= 0.3 is 5.97 Å². The SMILES string of the molecule is Cc1cc(C[C@@H](C)NC[C@H](O)c2ccccc2)sc1C(=O)O. The standard InChI is InChI=1S/C17H21NO3S/c1-11-8-14(22-16(11)17(20)21)9-12(2)18-10-15(19)13-6-4-3-5-7-13/h3-8,12,15,18-19H,9-10H2,1-2H3,(H,20,21)/t12-,15+/m1/s1. The number of aliphatic hydroxyl groups excluding tert-OH is 1. The molecule has 1 aromatic heterocycles. The maximum absolute atomic E-state index is 11.1. The van der Waals surface area contributed by atoms with Crippen molar-refractivity contribution in [1.82, 2.24) is 5.32 Å². The Morgan fingerprint density at radius 1 is 1.32 bits per heavy atom. The fraction of sp³-hybridized carbons (Fsp3) is 0.353. The number of benzene rings is 1. The third-order valence-corrected chi connectivity index (χ3v) is 4.76. The van der Waals surface area contributed by atoms with Crippen molar-refractivity contribution in [2.45, 2.75) is 32.4 Å². The Hall–Kier alpha value is -1.69. The highest BCUT2D eigenvalue weighted by Gasteiger charge is 2.14. The summed E-state index contributed by atoms with van der Waals surface area (Å²) in [6.07, 6.45) is 0.212. The van der Waals surface area contributed by atoms with Gasteiger partial charge in [-0.2, -0.15) is 0 Å². The molecule has 2 atom stereocenters. The minimum Gasteiger partial charge on any atom is -0.477 e. The van der Waals surface area contributed by atoms with E-state index in [2.05, 4.69) is 5.32 Å². The van der Waals surface area contributed by atoms with Gasteiger partial charge in [-0.1, -0.05) is 30.3 Å². The van der Waals surface area contributed by atoms with E-state index in [0.717, 1.165) is 22.4 Å². The second-order valence-electron chi connectivity index (χ2n) is 5.47. The zero-order chi connectivity index (χ0) is 16.1. The average Bonchev–Trinajstić information content (AvgIpc) is 2.86. The fourth-order valence-corrected chi connectivity index (χ4v) is 3.48. The Kier molecular flexibility index (Phi) is 5.71. The molecule has 0 fully saturated rings. The molecule has 0 saturated heterocycles. The van der Waals surface area contributed by atoms with Crippen LogP contribution in [0.2, 0.25) is 0 Å². The summed E-state index contributed by atoms with van der Waals surface area (Å²) in [5.74, 6) is -0.867. The Morgan fingerprint density at radius 2 is 2.00 bits per heavy atom. The van der Waals surface area contributed by atoms with E-state index < -0.39 is 12.1 Å². The number of nitrogens with one attached hydrogen (secondary N) is 1. The van der Waals surface area contributed by atoms with Crippen LogP contribution in [0.3, 0.4) is 0 Å². The first-order valence-corrected chi connectivity index (χ1v) is 8.08. The van der Waals surface area contributed by atoms with Crippen molar-refractivity contribution >= 4 is 17.3 Å². The summed E-state index contributed by atoms with van der Waals surface area (Å²) < 4.78 is 0. The van der Waals surface area contributed by atoms with Crippen molar-refractivity contribution < 1.29 is 15.0 Å². The summed E-state index contributed by atoms with van der Waals surface area (Å²) >= 11 is 1.32. The lowest BCUT2D eigenvalue weighted by Gasteiger charge is -2.17. The molecule has 0 aliphatic heterocycles. The van der Waals surface area contributed by atoms with Gasteiger partial charge in [0.15, 0.2) is 0 Å². The lowest BCUT2D eigenvalue weighted by Crippen LogP contribution is -2.31. The Morgan fingerprint density at radius 3 is 2.59 bits per heavy atom. The van der Waals surface area contributed by atoms with Gasteiger partial charge in [0, 0.05) is 17.5 Å². The molecule has 0 bridgehead atoms. The van der Waals surface area contributed by atoms with Crippen LogP contribution in [-0.4, -0.2) is 28.8 Å². The van der Waals surface area contributed by atoms with E-state index in [4.69, 9.17) is 5.11 Å². The highest BCUT2D eigenvalue weighted by Crippen LogP contribution is 2.23. The molecule has 0 unspecified atom stereocenters. The zero-order valence-electron chi connectivity index (χ0n) is 12.7. The molecule has 118 valence electrons. The van der Waals surface area contributed by atoms with Crippen LogP contribution in [0.25, 0.3) is 0 Å². The molecule has 5 heteroatoms. The normalized spacial score (nSPS) is 13.8. The maximum Gasteiger partial charge on any atom is 0.346 e. The number of hydrogen-bond donors (Lipinski definition) is 3. The van der Waals surface area contributed by atoms with Crippen LogP contribution in [0.15, 0.2) is 36.4 Å². The smallest absolute Gasteiger partial charge is 0.346 e. The van der Waals surface area contributed by atoms with Crippen molar-refractivity contribution in [2.24, 2.45) is 0 Å². The van der Waals surface area contributed by atoms with E-state index in [1.807, 2.05) is 50.2 Å².